The van der Waals surface area contributed by atoms with Gasteiger partial charge in [0.05, 0.1) is 18.7 Å². The first-order chi connectivity index (χ1) is 12.2. The summed E-state index contributed by atoms with van der Waals surface area (Å²) < 4.78 is 16.2. The van der Waals surface area contributed by atoms with Crippen molar-refractivity contribution in [2.75, 3.05) is 20.3 Å². The Kier molecular flexibility index (Phi) is 5.35. The van der Waals surface area contributed by atoms with E-state index in [1.807, 2.05) is 36.6 Å². The van der Waals surface area contributed by atoms with Crippen molar-refractivity contribution in [2.24, 2.45) is 0 Å². The maximum absolute atomic E-state index is 12.1. The average molecular weight is 358 g/mol. The molecule has 0 aliphatic rings. The molecule has 0 fully saturated rings. The summed E-state index contributed by atoms with van der Waals surface area (Å²) in [5.74, 6) is 2.05. The number of furan rings is 1. The molecule has 0 bridgehead atoms. The number of thiazole rings is 1. The molecule has 1 amide bonds. The molecule has 7 heteroatoms. The van der Waals surface area contributed by atoms with Gasteiger partial charge in [0.2, 0.25) is 0 Å². The van der Waals surface area contributed by atoms with Crippen molar-refractivity contribution in [1.29, 1.82) is 0 Å². The van der Waals surface area contributed by atoms with Crippen molar-refractivity contribution in [3.05, 3.63) is 52.5 Å². The number of amides is 1. The molecule has 0 unspecified atom stereocenters. The molecule has 0 radical (unpaired) electrons. The highest BCUT2D eigenvalue weighted by atomic mass is 32.1. The molecule has 0 aliphatic heterocycles. The number of nitrogens with one attached hydrogen (secondary N) is 1. The Morgan fingerprint density at radius 2 is 1.96 bits per heavy atom. The largest absolute Gasteiger partial charge is 0.497 e. The van der Waals surface area contributed by atoms with E-state index in [0.717, 1.165) is 16.5 Å². The summed E-state index contributed by atoms with van der Waals surface area (Å²) >= 11 is 1.54. The van der Waals surface area contributed by atoms with Gasteiger partial charge >= 0.3 is 0 Å². The van der Waals surface area contributed by atoms with E-state index in [2.05, 4.69) is 10.3 Å². The predicted molar refractivity (Wildman–Crippen MR) is 95.4 cm³/mol. The third-order valence-corrected chi connectivity index (χ3v) is 4.19. The Morgan fingerprint density at radius 3 is 2.64 bits per heavy atom. The van der Waals surface area contributed by atoms with Gasteiger partial charge in [-0.15, -0.1) is 11.3 Å². The van der Waals surface area contributed by atoms with E-state index in [0.29, 0.717) is 24.7 Å². The Labute approximate surface area is 149 Å². The Hall–Kier alpha value is -2.80. The van der Waals surface area contributed by atoms with Crippen LogP contribution in [0.25, 0.3) is 11.5 Å². The summed E-state index contributed by atoms with van der Waals surface area (Å²) in [6.07, 6.45) is 0. The molecule has 0 spiro atoms. The lowest BCUT2D eigenvalue weighted by molar-refractivity contribution is 0.0920. The zero-order chi connectivity index (χ0) is 17.6. The number of hydrogen-bond donors (Lipinski definition) is 1. The normalized spacial score (nSPS) is 10.5. The van der Waals surface area contributed by atoms with Crippen LogP contribution in [0.3, 0.4) is 0 Å². The van der Waals surface area contributed by atoms with E-state index in [-0.39, 0.29) is 11.7 Å². The molecule has 3 rings (SSSR count). The standard InChI is InChI=1S/C18H18N2O4S/c1-12-20-15(11-25-12)16-7-8-17(24-16)18(21)19-9-10-23-14-5-3-13(22-2)4-6-14/h3-8,11H,9-10H2,1-2H3,(H,19,21). The van der Waals surface area contributed by atoms with Crippen LogP contribution in [0, 0.1) is 6.92 Å². The highest BCUT2D eigenvalue weighted by Crippen LogP contribution is 2.23. The van der Waals surface area contributed by atoms with Crippen LogP contribution >= 0.6 is 11.3 Å². The van der Waals surface area contributed by atoms with Crippen molar-refractivity contribution in [1.82, 2.24) is 10.3 Å². The zero-order valence-corrected chi connectivity index (χ0v) is 14.8. The molecule has 1 N–H and O–H groups in total. The minimum atomic E-state index is -0.281. The summed E-state index contributed by atoms with van der Waals surface area (Å²) in [6, 6.07) is 10.7. The van der Waals surface area contributed by atoms with Crippen LogP contribution in [-0.4, -0.2) is 31.2 Å². The van der Waals surface area contributed by atoms with Crippen LogP contribution in [0.4, 0.5) is 0 Å². The second kappa shape index (κ2) is 7.85. The smallest absolute Gasteiger partial charge is 0.287 e. The summed E-state index contributed by atoms with van der Waals surface area (Å²) in [6.45, 7) is 2.65. The lowest BCUT2D eigenvalue weighted by atomic mass is 10.3. The molecule has 0 saturated heterocycles. The number of aromatic nitrogens is 1. The molecule has 2 heterocycles. The van der Waals surface area contributed by atoms with Gasteiger partial charge in [-0.3, -0.25) is 4.79 Å². The van der Waals surface area contributed by atoms with E-state index >= 15 is 0 Å². The van der Waals surface area contributed by atoms with E-state index in [4.69, 9.17) is 13.9 Å². The number of carbonyl (C=O) groups is 1. The summed E-state index contributed by atoms with van der Waals surface area (Å²) in [5.41, 5.74) is 0.740. The van der Waals surface area contributed by atoms with Crippen LogP contribution in [0.15, 0.2) is 46.2 Å². The van der Waals surface area contributed by atoms with E-state index in [9.17, 15) is 4.79 Å². The number of rotatable bonds is 7. The summed E-state index contributed by atoms with van der Waals surface area (Å²) in [5, 5.41) is 5.61. The van der Waals surface area contributed by atoms with Crippen molar-refractivity contribution in [2.45, 2.75) is 6.92 Å². The van der Waals surface area contributed by atoms with Gasteiger partial charge in [-0.25, -0.2) is 4.98 Å². The van der Waals surface area contributed by atoms with Crippen LogP contribution in [0.1, 0.15) is 15.6 Å². The first-order valence-electron chi connectivity index (χ1n) is 7.73. The number of ether oxygens (including phenoxy) is 2. The van der Waals surface area contributed by atoms with Gasteiger partial charge in [0, 0.05) is 5.38 Å². The summed E-state index contributed by atoms with van der Waals surface area (Å²) in [7, 11) is 1.61. The zero-order valence-electron chi connectivity index (χ0n) is 13.9. The van der Waals surface area contributed by atoms with Gasteiger partial charge in [-0.05, 0) is 43.3 Å². The molecule has 3 aromatic rings. The van der Waals surface area contributed by atoms with Crippen LogP contribution in [0.2, 0.25) is 0 Å². The van der Waals surface area contributed by atoms with Crippen molar-refractivity contribution < 1.29 is 18.7 Å². The first kappa shape index (κ1) is 17.0. The molecule has 0 aliphatic carbocycles. The number of methoxy groups -OCH3 is 1. The van der Waals surface area contributed by atoms with E-state index in [1.165, 1.54) is 11.3 Å². The summed E-state index contributed by atoms with van der Waals surface area (Å²) in [4.78, 5) is 16.4. The third kappa shape index (κ3) is 4.39. The number of aryl methyl sites for hydroxylation is 1. The van der Waals surface area contributed by atoms with Crippen molar-refractivity contribution >= 4 is 17.2 Å². The number of nitrogens with zero attached hydrogens (tertiary/aromatic N) is 1. The molecule has 6 nitrogen and oxygen atoms in total. The minimum absolute atomic E-state index is 0.255. The minimum Gasteiger partial charge on any atom is -0.497 e. The molecule has 25 heavy (non-hydrogen) atoms. The maximum Gasteiger partial charge on any atom is 0.287 e. The van der Waals surface area contributed by atoms with Gasteiger partial charge in [-0.1, -0.05) is 0 Å². The maximum atomic E-state index is 12.1. The van der Waals surface area contributed by atoms with Gasteiger partial charge in [-0.2, -0.15) is 0 Å². The van der Waals surface area contributed by atoms with Gasteiger partial charge in [0.1, 0.15) is 23.8 Å². The van der Waals surface area contributed by atoms with E-state index in [1.54, 1.807) is 19.2 Å². The fourth-order valence-electron chi connectivity index (χ4n) is 2.17. The second-order valence-corrected chi connectivity index (χ2v) is 6.26. The van der Waals surface area contributed by atoms with Crippen molar-refractivity contribution in [3.63, 3.8) is 0 Å². The third-order valence-electron chi connectivity index (χ3n) is 3.42. The number of hydrogen-bond acceptors (Lipinski definition) is 6. The lowest BCUT2D eigenvalue weighted by Crippen LogP contribution is -2.27. The van der Waals surface area contributed by atoms with Crippen LogP contribution in [0.5, 0.6) is 11.5 Å². The first-order valence-corrected chi connectivity index (χ1v) is 8.61. The monoisotopic (exact) mass is 358 g/mol. The van der Waals surface area contributed by atoms with Gasteiger partial charge < -0.3 is 19.2 Å². The Morgan fingerprint density at radius 1 is 1.20 bits per heavy atom. The molecule has 0 saturated carbocycles. The highest BCUT2D eigenvalue weighted by Gasteiger charge is 2.13. The lowest BCUT2D eigenvalue weighted by Gasteiger charge is -2.07. The molecule has 1 aromatic carbocycles. The van der Waals surface area contributed by atoms with Gasteiger partial charge in [0.15, 0.2) is 11.5 Å². The quantitative estimate of drug-likeness (QED) is 0.654. The molecule has 0 atom stereocenters. The molecular weight excluding hydrogens is 340 g/mol. The van der Waals surface area contributed by atoms with Gasteiger partial charge in [0.25, 0.3) is 5.91 Å². The highest BCUT2D eigenvalue weighted by molar-refractivity contribution is 7.09. The van der Waals surface area contributed by atoms with Crippen LogP contribution < -0.4 is 14.8 Å². The Balaban J connectivity index is 1.47. The fourth-order valence-corrected chi connectivity index (χ4v) is 2.77. The second-order valence-electron chi connectivity index (χ2n) is 5.20. The molecule has 130 valence electrons. The predicted octanol–water partition coefficient (Wildman–Crippen LogP) is 3.53. The molecule has 2 aromatic heterocycles. The topological polar surface area (TPSA) is 73.6 Å². The van der Waals surface area contributed by atoms with Crippen LogP contribution in [-0.2, 0) is 0 Å². The SMILES string of the molecule is COc1ccc(OCCNC(=O)c2ccc(-c3csc(C)n3)o2)cc1. The van der Waals surface area contributed by atoms with Crippen molar-refractivity contribution in [3.8, 4) is 23.0 Å². The fraction of sp³-hybridized carbons (Fsp3) is 0.222. The molecular formula is C18H18N2O4S. The Bertz CT molecular complexity index is 839. The average Bonchev–Trinajstić information content (AvgIpc) is 3.28. The number of benzene rings is 1. The number of carbonyl (C=O) groups excluding carboxylic acids is 1. The van der Waals surface area contributed by atoms with E-state index < -0.39 is 0 Å².